The lowest BCUT2D eigenvalue weighted by Gasteiger charge is -2.10. The zero-order valence-electron chi connectivity index (χ0n) is 11.2. The van der Waals surface area contributed by atoms with Crippen LogP contribution in [-0.4, -0.2) is 37.5 Å². The minimum Gasteiger partial charge on any atom is -0.478 e. The largest absolute Gasteiger partial charge is 0.478 e. The van der Waals surface area contributed by atoms with Crippen LogP contribution in [0.5, 0.6) is 0 Å². The molecule has 7 heteroatoms. The first-order chi connectivity index (χ1) is 9.35. The van der Waals surface area contributed by atoms with Gasteiger partial charge >= 0.3 is 5.97 Å². The summed E-state index contributed by atoms with van der Waals surface area (Å²) in [6.07, 6.45) is 4.33. The van der Waals surface area contributed by atoms with Gasteiger partial charge in [-0.15, -0.1) is 0 Å². The summed E-state index contributed by atoms with van der Waals surface area (Å²) in [6, 6.07) is 6.03. The predicted molar refractivity (Wildman–Crippen MR) is 81.3 cm³/mol. The lowest BCUT2D eigenvalue weighted by atomic mass is 10.2. The molecule has 0 saturated carbocycles. The van der Waals surface area contributed by atoms with Gasteiger partial charge in [-0.3, -0.25) is 0 Å². The molecule has 5 nitrogen and oxygen atoms in total. The van der Waals surface area contributed by atoms with E-state index in [0.717, 1.165) is 6.08 Å². The number of carboxylic acid groups (broad SMARTS) is 1. The van der Waals surface area contributed by atoms with E-state index in [9.17, 15) is 13.2 Å². The Morgan fingerprint density at radius 1 is 1.40 bits per heavy atom. The number of rotatable bonds is 7. The average molecular weight is 315 g/mol. The highest BCUT2D eigenvalue weighted by Gasteiger charge is 2.14. The molecule has 0 spiro atoms. The second-order valence-corrected chi connectivity index (χ2v) is 7.18. The lowest BCUT2D eigenvalue weighted by molar-refractivity contribution is -0.131. The highest BCUT2D eigenvalue weighted by Crippen LogP contribution is 2.12. The molecule has 1 aromatic carbocycles. The molecule has 1 aromatic rings. The second-order valence-electron chi connectivity index (χ2n) is 4.14. The highest BCUT2D eigenvalue weighted by molar-refractivity contribution is 7.99. The van der Waals surface area contributed by atoms with Gasteiger partial charge in [0.05, 0.1) is 4.90 Å². The van der Waals surface area contributed by atoms with E-state index in [4.69, 9.17) is 5.11 Å². The Labute approximate surface area is 123 Å². The fourth-order valence-corrected chi connectivity index (χ4v) is 2.81. The van der Waals surface area contributed by atoms with Gasteiger partial charge in [0.1, 0.15) is 0 Å². The van der Waals surface area contributed by atoms with Crippen molar-refractivity contribution >= 4 is 33.8 Å². The Bertz CT molecular complexity index is 579. The molecular formula is C13H17NO4S2. The van der Waals surface area contributed by atoms with Gasteiger partial charge in [0, 0.05) is 17.9 Å². The van der Waals surface area contributed by atoms with E-state index in [1.165, 1.54) is 18.2 Å². The van der Waals surface area contributed by atoms with Crippen molar-refractivity contribution in [3.05, 3.63) is 35.9 Å². The summed E-state index contributed by atoms with van der Waals surface area (Å²) in [5, 5.41) is 8.71. The number of carbonyl (C=O) groups is 1. The SMILES string of the molecule is CSC(C)CNS(=O)(=O)c1ccc(/C=C/C(=O)O)cc1. The Balaban J connectivity index is 2.79. The molecule has 0 aliphatic rings. The Kier molecular flexibility index (Phi) is 6.25. The maximum Gasteiger partial charge on any atom is 0.328 e. The van der Waals surface area contributed by atoms with E-state index in [1.54, 1.807) is 23.9 Å². The summed E-state index contributed by atoms with van der Waals surface area (Å²) in [6.45, 7) is 2.30. The molecule has 1 unspecified atom stereocenters. The Hall–Kier alpha value is -1.31. The number of thioether (sulfide) groups is 1. The molecule has 0 radical (unpaired) electrons. The van der Waals surface area contributed by atoms with Crippen LogP contribution in [0.1, 0.15) is 12.5 Å². The van der Waals surface area contributed by atoms with Crippen LogP contribution >= 0.6 is 11.8 Å². The van der Waals surface area contributed by atoms with Crippen LogP contribution in [0, 0.1) is 0 Å². The van der Waals surface area contributed by atoms with E-state index in [2.05, 4.69) is 4.72 Å². The van der Waals surface area contributed by atoms with Gasteiger partial charge in [0.15, 0.2) is 0 Å². The number of benzene rings is 1. The van der Waals surface area contributed by atoms with Crippen molar-refractivity contribution in [3.63, 3.8) is 0 Å². The summed E-state index contributed by atoms with van der Waals surface area (Å²) in [5.74, 6) is -1.05. The maximum atomic E-state index is 12.0. The molecule has 1 rings (SSSR count). The molecule has 0 saturated heterocycles. The van der Waals surface area contributed by atoms with Gasteiger partial charge in [-0.2, -0.15) is 11.8 Å². The third kappa shape index (κ3) is 5.36. The van der Waals surface area contributed by atoms with E-state index in [1.807, 2.05) is 13.2 Å². The molecule has 0 amide bonds. The standard InChI is InChI=1S/C13H17NO4S2/c1-10(19-2)9-14-20(17,18)12-6-3-11(4-7-12)5-8-13(15)16/h3-8,10,14H,9H2,1-2H3,(H,15,16)/b8-5+. The molecule has 0 fully saturated rings. The summed E-state index contributed by atoms with van der Waals surface area (Å²) < 4.78 is 26.5. The van der Waals surface area contributed by atoms with Crippen molar-refractivity contribution in [2.45, 2.75) is 17.1 Å². The van der Waals surface area contributed by atoms with E-state index in [-0.39, 0.29) is 10.1 Å². The first-order valence-electron chi connectivity index (χ1n) is 5.88. The fraction of sp³-hybridized carbons (Fsp3) is 0.308. The average Bonchev–Trinajstić information content (AvgIpc) is 2.43. The summed E-state index contributed by atoms with van der Waals surface area (Å²) >= 11 is 1.58. The molecule has 2 N–H and O–H groups in total. The topological polar surface area (TPSA) is 83.5 Å². The first kappa shape index (κ1) is 16.7. The van der Waals surface area contributed by atoms with E-state index >= 15 is 0 Å². The fourth-order valence-electron chi connectivity index (χ4n) is 1.32. The smallest absolute Gasteiger partial charge is 0.328 e. The number of hydrogen-bond acceptors (Lipinski definition) is 4. The summed E-state index contributed by atoms with van der Waals surface area (Å²) in [7, 11) is -3.52. The Morgan fingerprint density at radius 2 is 2.00 bits per heavy atom. The van der Waals surface area contributed by atoms with Gasteiger partial charge in [0.2, 0.25) is 10.0 Å². The number of nitrogens with one attached hydrogen (secondary N) is 1. The van der Waals surface area contributed by atoms with Crippen molar-refractivity contribution in [2.75, 3.05) is 12.8 Å². The lowest BCUT2D eigenvalue weighted by Crippen LogP contribution is -2.29. The number of aliphatic carboxylic acids is 1. The number of sulfonamides is 1. The predicted octanol–water partition coefficient (Wildman–Crippen LogP) is 1.81. The molecule has 0 aliphatic carbocycles. The van der Waals surface area contributed by atoms with Crippen molar-refractivity contribution < 1.29 is 18.3 Å². The van der Waals surface area contributed by atoms with Gasteiger partial charge in [-0.05, 0) is 30.0 Å². The maximum absolute atomic E-state index is 12.0. The third-order valence-corrected chi connectivity index (χ3v) is 4.98. The molecule has 0 aliphatic heterocycles. The minimum atomic E-state index is -3.52. The highest BCUT2D eigenvalue weighted by atomic mass is 32.2. The molecule has 0 bridgehead atoms. The Morgan fingerprint density at radius 3 is 2.50 bits per heavy atom. The van der Waals surface area contributed by atoms with Crippen molar-refractivity contribution in [1.29, 1.82) is 0 Å². The van der Waals surface area contributed by atoms with Crippen LogP contribution in [0.3, 0.4) is 0 Å². The third-order valence-electron chi connectivity index (χ3n) is 2.57. The van der Waals surface area contributed by atoms with Gasteiger partial charge < -0.3 is 5.11 Å². The second kappa shape index (κ2) is 7.47. The van der Waals surface area contributed by atoms with Crippen LogP contribution in [0.4, 0.5) is 0 Å². The van der Waals surface area contributed by atoms with Crippen molar-refractivity contribution in [1.82, 2.24) is 4.72 Å². The molecule has 0 aromatic heterocycles. The van der Waals surface area contributed by atoms with Crippen molar-refractivity contribution in [2.24, 2.45) is 0 Å². The van der Waals surface area contributed by atoms with E-state index in [0.29, 0.717) is 12.1 Å². The number of hydrogen-bond donors (Lipinski definition) is 2. The monoisotopic (exact) mass is 315 g/mol. The van der Waals surface area contributed by atoms with Crippen LogP contribution in [-0.2, 0) is 14.8 Å². The van der Waals surface area contributed by atoms with Gasteiger partial charge in [0.25, 0.3) is 0 Å². The molecule has 20 heavy (non-hydrogen) atoms. The zero-order chi connectivity index (χ0) is 15.2. The van der Waals surface area contributed by atoms with Crippen LogP contribution in [0.2, 0.25) is 0 Å². The molecule has 0 heterocycles. The van der Waals surface area contributed by atoms with Crippen LogP contribution in [0.25, 0.3) is 6.08 Å². The van der Waals surface area contributed by atoms with Gasteiger partial charge in [-0.25, -0.2) is 17.9 Å². The first-order valence-corrected chi connectivity index (χ1v) is 8.66. The number of carboxylic acids is 1. The quantitative estimate of drug-likeness (QED) is 0.750. The normalized spacial score (nSPS) is 13.5. The zero-order valence-corrected chi connectivity index (χ0v) is 12.9. The molecule has 110 valence electrons. The minimum absolute atomic E-state index is 0.165. The van der Waals surface area contributed by atoms with Gasteiger partial charge in [-0.1, -0.05) is 19.1 Å². The van der Waals surface area contributed by atoms with Crippen LogP contribution < -0.4 is 4.72 Å². The van der Waals surface area contributed by atoms with Crippen LogP contribution in [0.15, 0.2) is 35.2 Å². The van der Waals surface area contributed by atoms with Crippen molar-refractivity contribution in [3.8, 4) is 0 Å². The van der Waals surface area contributed by atoms with E-state index < -0.39 is 16.0 Å². The summed E-state index contributed by atoms with van der Waals surface area (Å²) in [4.78, 5) is 10.5. The molecular weight excluding hydrogens is 298 g/mol. The molecule has 1 atom stereocenters. The summed E-state index contributed by atoms with van der Waals surface area (Å²) in [5.41, 5.74) is 0.629.